The molecular formula is C14H12FN3O3S. The van der Waals surface area contributed by atoms with Crippen molar-refractivity contribution in [3.63, 3.8) is 0 Å². The molecule has 2 rings (SSSR count). The molecule has 0 saturated heterocycles. The fourth-order valence-corrected chi connectivity index (χ4v) is 2.12. The number of methoxy groups -OCH3 is 1. The van der Waals surface area contributed by atoms with Crippen LogP contribution >= 0.6 is 11.8 Å². The van der Waals surface area contributed by atoms with E-state index in [1.54, 1.807) is 12.1 Å². The second kappa shape index (κ2) is 7.51. The molecule has 8 heteroatoms. The second-order valence-electron chi connectivity index (χ2n) is 4.09. The van der Waals surface area contributed by atoms with Gasteiger partial charge in [-0.3, -0.25) is 9.59 Å². The molecule has 6 nitrogen and oxygen atoms in total. The molecule has 114 valence electrons. The van der Waals surface area contributed by atoms with E-state index in [1.165, 1.54) is 37.1 Å². The Morgan fingerprint density at radius 1 is 1.27 bits per heavy atom. The van der Waals surface area contributed by atoms with Crippen molar-refractivity contribution in [3.8, 4) is 0 Å². The SMILES string of the molecule is COC(=O)CSc1ccc(NC(=O)c2cccc(F)c2)nn1. The lowest BCUT2D eigenvalue weighted by Crippen LogP contribution is -2.13. The molecule has 1 aromatic carbocycles. The fraction of sp³-hybridized carbons (Fsp3) is 0.143. The zero-order valence-electron chi connectivity index (χ0n) is 11.6. The van der Waals surface area contributed by atoms with Gasteiger partial charge in [-0.2, -0.15) is 0 Å². The van der Waals surface area contributed by atoms with Gasteiger partial charge in [0.2, 0.25) is 0 Å². The maximum Gasteiger partial charge on any atom is 0.316 e. The number of nitrogens with zero attached hydrogens (tertiary/aromatic N) is 2. The first-order valence-electron chi connectivity index (χ1n) is 6.19. The lowest BCUT2D eigenvalue weighted by Gasteiger charge is -2.04. The van der Waals surface area contributed by atoms with Gasteiger partial charge in [-0.25, -0.2) is 4.39 Å². The van der Waals surface area contributed by atoms with Gasteiger partial charge in [0.15, 0.2) is 5.82 Å². The highest BCUT2D eigenvalue weighted by Gasteiger charge is 2.09. The number of hydrogen-bond acceptors (Lipinski definition) is 6. The number of hydrogen-bond donors (Lipinski definition) is 1. The first-order valence-corrected chi connectivity index (χ1v) is 7.17. The normalized spacial score (nSPS) is 10.1. The van der Waals surface area contributed by atoms with Gasteiger partial charge in [0, 0.05) is 5.56 Å². The maximum absolute atomic E-state index is 13.0. The van der Waals surface area contributed by atoms with E-state index in [1.807, 2.05) is 0 Å². The van der Waals surface area contributed by atoms with Crippen molar-refractivity contribution in [3.05, 3.63) is 47.8 Å². The molecule has 0 fully saturated rings. The van der Waals surface area contributed by atoms with Gasteiger partial charge >= 0.3 is 5.97 Å². The summed E-state index contributed by atoms with van der Waals surface area (Å²) in [5.74, 6) is -0.982. The average Bonchev–Trinajstić information content (AvgIpc) is 2.53. The molecule has 1 N–H and O–H groups in total. The molecule has 0 saturated carbocycles. The summed E-state index contributed by atoms with van der Waals surface area (Å²) in [5, 5.41) is 10.7. The van der Waals surface area contributed by atoms with Crippen LogP contribution in [0.15, 0.2) is 41.4 Å². The summed E-state index contributed by atoms with van der Waals surface area (Å²) in [7, 11) is 1.31. The third-order valence-corrected chi connectivity index (χ3v) is 3.43. The number of esters is 1. The fourth-order valence-electron chi connectivity index (χ4n) is 1.47. The maximum atomic E-state index is 13.0. The van der Waals surface area contributed by atoms with E-state index in [-0.39, 0.29) is 23.1 Å². The average molecular weight is 321 g/mol. The van der Waals surface area contributed by atoms with Crippen LogP contribution in [0.5, 0.6) is 0 Å². The molecule has 1 aromatic heterocycles. The first-order chi connectivity index (χ1) is 10.6. The van der Waals surface area contributed by atoms with Crippen LogP contribution in [0, 0.1) is 5.82 Å². The highest BCUT2D eigenvalue weighted by molar-refractivity contribution is 7.99. The van der Waals surface area contributed by atoms with E-state index in [2.05, 4.69) is 20.3 Å². The summed E-state index contributed by atoms with van der Waals surface area (Å²) in [6, 6.07) is 8.48. The van der Waals surface area contributed by atoms with Crippen LogP contribution in [0.2, 0.25) is 0 Å². The number of benzene rings is 1. The first kappa shape index (κ1) is 15.9. The summed E-state index contributed by atoms with van der Waals surface area (Å²) in [4.78, 5) is 22.9. The van der Waals surface area contributed by atoms with Crippen molar-refractivity contribution in [2.24, 2.45) is 0 Å². The zero-order valence-corrected chi connectivity index (χ0v) is 12.4. The Kier molecular flexibility index (Phi) is 5.42. The lowest BCUT2D eigenvalue weighted by molar-refractivity contribution is -0.137. The van der Waals surface area contributed by atoms with Crippen LogP contribution in [0.4, 0.5) is 10.2 Å². The number of ether oxygens (including phenoxy) is 1. The van der Waals surface area contributed by atoms with Crippen LogP contribution in [0.25, 0.3) is 0 Å². The molecule has 0 bridgehead atoms. The number of nitrogens with one attached hydrogen (secondary N) is 1. The molecule has 0 atom stereocenters. The van der Waals surface area contributed by atoms with Crippen molar-refractivity contribution < 1.29 is 18.7 Å². The number of rotatable bonds is 5. The molecule has 1 amide bonds. The van der Waals surface area contributed by atoms with E-state index < -0.39 is 11.7 Å². The van der Waals surface area contributed by atoms with E-state index in [4.69, 9.17) is 0 Å². The van der Waals surface area contributed by atoms with E-state index in [0.29, 0.717) is 5.03 Å². The summed E-state index contributed by atoms with van der Waals surface area (Å²) in [6.07, 6.45) is 0. The van der Waals surface area contributed by atoms with Crippen LogP contribution in [-0.4, -0.2) is 34.9 Å². The molecule has 2 aromatic rings. The van der Waals surface area contributed by atoms with Gasteiger partial charge in [0.1, 0.15) is 10.8 Å². The molecule has 0 radical (unpaired) electrons. The number of anilines is 1. The number of halogens is 1. The summed E-state index contributed by atoms with van der Waals surface area (Å²) in [6.45, 7) is 0. The van der Waals surface area contributed by atoms with Crippen LogP contribution in [0.1, 0.15) is 10.4 Å². The van der Waals surface area contributed by atoms with Gasteiger partial charge in [-0.1, -0.05) is 17.8 Å². The Morgan fingerprint density at radius 3 is 2.73 bits per heavy atom. The van der Waals surface area contributed by atoms with E-state index >= 15 is 0 Å². The highest BCUT2D eigenvalue weighted by atomic mass is 32.2. The Bertz CT molecular complexity index is 679. The van der Waals surface area contributed by atoms with Crippen LogP contribution in [0.3, 0.4) is 0 Å². The van der Waals surface area contributed by atoms with Gasteiger partial charge < -0.3 is 10.1 Å². The zero-order chi connectivity index (χ0) is 15.9. The second-order valence-corrected chi connectivity index (χ2v) is 5.08. The predicted molar refractivity (Wildman–Crippen MR) is 79.1 cm³/mol. The number of aromatic nitrogens is 2. The summed E-state index contributed by atoms with van der Waals surface area (Å²) >= 11 is 1.17. The third kappa shape index (κ3) is 4.52. The smallest absolute Gasteiger partial charge is 0.316 e. The minimum Gasteiger partial charge on any atom is -0.468 e. The summed E-state index contributed by atoms with van der Waals surface area (Å²) < 4.78 is 17.6. The van der Waals surface area contributed by atoms with E-state index in [9.17, 15) is 14.0 Å². The predicted octanol–water partition coefficient (Wildman–Crippen LogP) is 2.13. The Hall–Kier alpha value is -2.48. The van der Waals surface area contributed by atoms with Crippen molar-refractivity contribution in [2.75, 3.05) is 18.2 Å². The molecule has 0 unspecified atom stereocenters. The quantitative estimate of drug-likeness (QED) is 0.671. The van der Waals surface area contributed by atoms with Crippen LogP contribution in [-0.2, 0) is 9.53 Å². The minimum atomic E-state index is -0.492. The number of carbonyl (C=O) groups is 2. The Morgan fingerprint density at radius 2 is 2.09 bits per heavy atom. The molecule has 22 heavy (non-hydrogen) atoms. The Balaban J connectivity index is 1.96. The van der Waals surface area contributed by atoms with Crippen molar-refractivity contribution in [2.45, 2.75) is 5.03 Å². The molecule has 0 aliphatic rings. The van der Waals surface area contributed by atoms with E-state index in [0.717, 1.165) is 6.07 Å². The molecule has 0 spiro atoms. The van der Waals surface area contributed by atoms with Crippen molar-refractivity contribution in [1.82, 2.24) is 10.2 Å². The lowest BCUT2D eigenvalue weighted by atomic mass is 10.2. The van der Waals surface area contributed by atoms with Gasteiger partial charge in [-0.05, 0) is 30.3 Å². The molecule has 0 aliphatic carbocycles. The third-order valence-electron chi connectivity index (χ3n) is 2.53. The topological polar surface area (TPSA) is 81.2 Å². The van der Waals surface area contributed by atoms with Crippen molar-refractivity contribution in [1.29, 1.82) is 0 Å². The standard InChI is InChI=1S/C14H12FN3O3S/c1-21-13(19)8-22-12-6-5-11(17-18-12)16-14(20)9-3-2-4-10(15)7-9/h2-7H,8H2,1H3,(H,16,17,20). The van der Waals surface area contributed by atoms with Gasteiger partial charge in [0.05, 0.1) is 12.9 Å². The molecular weight excluding hydrogens is 309 g/mol. The highest BCUT2D eigenvalue weighted by Crippen LogP contribution is 2.16. The van der Waals surface area contributed by atoms with Crippen molar-refractivity contribution >= 4 is 29.5 Å². The summed E-state index contributed by atoms with van der Waals surface area (Å²) in [5.41, 5.74) is 0.186. The Labute approximate surface area is 130 Å². The number of amides is 1. The molecule has 1 heterocycles. The van der Waals surface area contributed by atoms with Gasteiger partial charge in [-0.15, -0.1) is 10.2 Å². The van der Waals surface area contributed by atoms with Crippen LogP contribution < -0.4 is 5.32 Å². The molecule has 0 aliphatic heterocycles. The largest absolute Gasteiger partial charge is 0.468 e. The van der Waals surface area contributed by atoms with Gasteiger partial charge in [0.25, 0.3) is 5.91 Å². The number of carbonyl (C=O) groups excluding carboxylic acids is 2. The monoisotopic (exact) mass is 321 g/mol. The minimum absolute atomic E-state index is 0.125. The number of thioether (sulfide) groups is 1.